The minimum Gasteiger partial charge on any atom is -0.381 e. The number of hydrogen-bond acceptors (Lipinski definition) is 4. The molecule has 2 aliphatic heterocycles. The van der Waals surface area contributed by atoms with Crippen molar-refractivity contribution >= 4 is 11.8 Å². The lowest BCUT2D eigenvalue weighted by Crippen LogP contribution is -2.52. The van der Waals surface area contributed by atoms with Gasteiger partial charge in [-0.2, -0.15) is 11.8 Å². The summed E-state index contributed by atoms with van der Waals surface area (Å²) in [4.78, 5) is 0. The van der Waals surface area contributed by atoms with Gasteiger partial charge in [-0.3, -0.25) is 0 Å². The summed E-state index contributed by atoms with van der Waals surface area (Å²) < 4.78 is 11.7. The van der Waals surface area contributed by atoms with Crippen LogP contribution in [0, 0.1) is 0 Å². The third kappa shape index (κ3) is 3.70. The molecular formula is C16H29NO2S. The zero-order valence-electron chi connectivity index (χ0n) is 12.7. The second-order valence-electron chi connectivity index (χ2n) is 6.72. The Bertz CT molecular complexity index is 301. The Morgan fingerprint density at radius 3 is 2.70 bits per heavy atom. The molecule has 3 atom stereocenters. The van der Waals surface area contributed by atoms with Crippen molar-refractivity contribution in [3.63, 3.8) is 0 Å². The maximum atomic E-state index is 6.14. The maximum Gasteiger partial charge on any atom is 0.0741 e. The lowest BCUT2D eigenvalue weighted by molar-refractivity contribution is -0.141. The van der Waals surface area contributed by atoms with E-state index < -0.39 is 0 Å². The van der Waals surface area contributed by atoms with E-state index in [0.717, 1.165) is 44.0 Å². The van der Waals surface area contributed by atoms with Crippen LogP contribution in [0.1, 0.15) is 51.4 Å². The molecule has 0 aromatic carbocycles. The van der Waals surface area contributed by atoms with Crippen LogP contribution in [0.15, 0.2) is 0 Å². The van der Waals surface area contributed by atoms with Gasteiger partial charge in [0, 0.05) is 37.2 Å². The highest BCUT2D eigenvalue weighted by Crippen LogP contribution is 2.35. The van der Waals surface area contributed by atoms with E-state index >= 15 is 0 Å². The van der Waals surface area contributed by atoms with Gasteiger partial charge in [0.25, 0.3) is 0 Å². The summed E-state index contributed by atoms with van der Waals surface area (Å²) >= 11 is 2.05. The summed E-state index contributed by atoms with van der Waals surface area (Å²) in [5.74, 6) is 0. The number of nitrogens with one attached hydrogen (secondary N) is 1. The normalized spacial score (nSPS) is 38.0. The third-order valence-electron chi connectivity index (χ3n) is 5.33. The summed E-state index contributed by atoms with van der Waals surface area (Å²) in [6.07, 6.45) is 12.3. The number of ether oxygens (including phenoxy) is 2. The summed E-state index contributed by atoms with van der Waals surface area (Å²) in [5.41, 5.74) is 0.127. The van der Waals surface area contributed by atoms with Crippen molar-refractivity contribution in [3.05, 3.63) is 0 Å². The molecule has 20 heavy (non-hydrogen) atoms. The molecular weight excluding hydrogens is 270 g/mol. The first kappa shape index (κ1) is 15.1. The largest absolute Gasteiger partial charge is 0.381 e. The van der Waals surface area contributed by atoms with Crippen LogP contribution < -0.4 is 5.32 Å². The molecule has 2 heterocycles. The molecule has 3 nitrogen and oxygen atoms in total. The van der Waals surface area contributed by atoms with E-state index in [1.165, 1.54) is 38.5 Å². The Hall–Kier alpha value is 0.230. The van der Waals surface area contributed by atoms with E-state index in [-0.39, 0.29) is 5.60 Å². The van der Waals surface area contributed by atoms with Crippen LogP contribution in [0.4, 0.5) is 0 Å². The molecule has 1 saturated carbocycles. The first-order valence-corrected chi connectivity index (χ1v) is 9.59. The van der Waals surface area contributed by atoms with Gasteiger partial charge in [-0.1, -0.05) is 6.42 Å². The van der Waals surface area contributed by atoms with Crippen molar-refractivity contribution in [3.8, 4) is 0 Å². The van der Waals surface area contributed by atoms with Crippen LogP contribution >= 0.6 is 11.8 Å². The van der Waals surface area contributed by atoms with E-state index in [2.05, 4.69) is 23.3 Å². The molecule has 0 aromatic rings. The summed E-state index contributed by atoms with van der Waals surface area (Å²) in [5, 5.41) is 4.83. The van der Waals surface area contributed by atoms with Crippen molar-refractivity contribution in [1.29, 1.82) is 0 Å². The molecule has 0 bridgehead atoms. The minimum absolute atomic E-state index is 0.127. The number of hydrogen-bond donors (Lipinski definition) is 1. The Balaban J connectivity index is 1.52. The van der Waals surface area contributed by atoms with Crippen molar-refractivity contribution in [2.45, 2.75) is 74.3 Å². The fourth-order valence-corrected chi connectivity index (χ4v) is 4.93. The highest BCUT2D eigenvalue weighted by molar-refractivity contribution is 7.99. The zero-order valence-corrected chi connectivity index (χ0v) is 13.6. The summed E-state index contributed by atoms with van der Waals surface area (Å²) in [6, 6.07) is 1.40. The second kappa shape index (κ2) is 6.99. The van der Waals surface area contributed by atoms with Crippen molar-refractivity contribution in [1.82, 2.24) is 5.32 Å². The highest BCUT2D eigenvalue weighted by atomic mass is 32.2. The van der Waals surface area contributed by atoms with Crippen molar-refractivity contribution < 1.29 is 9.47 Å². The molecule has 3 unspecified atom stereocenters. The number of thioether (sulfide) groups is 1. The SMILES string of the molecule is CSC1CCCC(NC2CCOC3(CCOCC3)C2)C1. The Labute approximate surface area is 127 Å². The van der Waals surface area contributed by atoms with Gasteiger partial charge in [0.15, 0.2) is 0 Å². The standard InChI is InChI=1S/C16H29NO2S/c1-20-15-4-2-3-13(11-15)17-14-5-8-19-16(12-14)6-9-18-10-7-16/h13-15,17H,2-12H2,1H3. The summed E-state index contributed by atoms with van der Waals surface area (Å²) in [6.45, 7) is 2.69. The fourth-order valence-electron chi connectivity index (χ4n) is 4.11. The van der Waals surface area contributed by atoms with Gasteiger partial charge in [-0.05, 0) is 51.2 Å². The molecule has 116 valence electrons. The topological polar surface area (TPSA) is 30.5 Å². The van der Waals surface area contributed by atoms with E-state index in [1.807, 2.05) is 0 Å². The number of rotatable bonds is 3. The zero-order chi connectivity index (χ0) is 13.8. The Morgan fingerprint density at radius 2 is 1.90 bits per heavy atom. The van der Waals surface area contributed by atoms with Gasteiger partial charge in [0.1, 0.15) is 0 Å². The molecule has 4 heteroatoms. The van der Waals surface area contributed by atoms with Crippen LogP contribution in [0.5, 0.6) is 0 Å². The van der Waals surface area contributed by atoms with Crippen molar-refractivity contribution in [2.24, 2.45) is 0 Å². The van der Waals surface area contributed by atoms with E-state index in [9.17, 15) is 0 Å². The molecule has 3 rings (SSSR count). The van der Waals surface area contributed by atoms with E-state index in [1.54, 1.807) is 0 Å². The van der Waals surface area contributed by atoms with E-state index in [4.69, 9.17) is 9.47 Å². The first-order valence-electron chi connectivity index (χ1n) is 8.30. The Morgan fingerprint density at radius 1 is 1.05 bits per heavy atom. The van der Waals surface area contributed by atoms with Crippen LogP contribution in [0.2, 0.25) is 0 Å². The second-order valence-corrected chi connectivity index (χ2v) is 7.86. The van der Waals surface area contributed by atoms with Crippen LogP contribution in [0.3, 0.4) is 0 Å². The molecule has 1 spiro atoms. The van der Waals surface area contributed by atoms with Gasteiger partial charge in [0.05, 0.1) is 5.60 Å². The van der Waals surface area contributed by atoms with E-state index in [0.29, 0.717) is 6.04 Å². The van der Waals surface area contributed by atoms with Crippen LogP contribution in [0.25, 0.3) is 0 Å². The van der Waals surface area contributed by atoms with Gasteiger partial charge < -0.3 is 14.8 Å². The molecule has 0 amide bonds. The van der Waals surface area contributed by atoms with Gasteiger partial charge >= 0.3 is 0 Å². The van der Waals surface area contributed by atoms with Gasteiger partial charge in [-0.15, -0.1) is 0 Å². The molecule has 1 aliphatic carbocycles. The molecule has 1 N–H and O–H groups in total. The predicted octanol–water partition coefficient (Wildman–Crippen LogP) is 2.98. The third-order valence-corrected chi connectivity index (χ3v) is 6.42. The Kier molecular flexibility index (Phi) is 5.29. The first-order chi connectivity index (χ1) is 9.80. The predicted molar refractivity (Wildman–Crippen MR) is 84.5 cm³/mol. The smallest absolute Gasteiger partial charge is 0.0741 e. The highest BCUT2D eigenvalue weighted by Gasteiger charge is 2.39. The molecule has 2 saturated heterocycles. The lowest BCUT2D eigenvalue weighted by Gasteiger charge is -2.45. The monoisotopic (exact) mass is 299 g/mol. The molecule has 0 radical (unpaired) electrons. The lowest BCUT2D eigenvalue weighted by atomic mass is 9.83. The van der Waals surface area contributed by atoms with Crippen LogP contribution in [-0.2, 0) is 9.47 Å². The molecule has 3 aliphatic rings. The maximum absolute atomic E-state index is 6.14. The average molecular weight is 299 g/mol. The van der Waals surface area contributed by atoms with Crippen LogP contribution in [-0.4, -0.2) is 49.0 Å². The quantitative estimate of drug-likeness (QED) is 0.868. The van der Waals surface area contributed by atoms with Gasteiger partial charge in [0.2, 0.25) is 0 Å². The average Bonchev–Trinajstić information content (AvgIpc) is 2.48. The minimum atomic E-state index is 0.127. The molecule has 3 fully saturated rings. The summed E-state index contributed by atoms with van der Waals surface area (Å²) in [7, 11) is 0. The fraction of sp³-hybridized carbons (Fsp3) is 1.00. The molecule has 0 aromatic heterocycles. The van der Waals surface area contributed by atoms with Gasteiger partial charge in [-0.25, -0.2) is 0 Å². The van der Waals surface area contributed by atoms with Crippen molar-refractivity contribution in [2.75, 3.05) is 26.1 Å².